The first-order valence-corrected chi connectivity index (χ1v) is 8.68. The molecule has 138 valence electrons. The fourth-order valence-corrected chi connectivity index (χ4v) is 3.25. The van der Waals surface area contributed by atoms with E-state index in [1.165, 1.54) is 12.1 Å². The monoisotopic (exact) mass is 402 g/mol. The summed E-state index contributed by atoms with van der Waals surface area (Å²) in [7, 11) is 0. The van der Waals surface area contributed by atoms with Gasteiger partial charge in [-0.2, -0.15) is 13.2 Å². The molecular weight excluding hydrogens is 388 g/mol. The Kier molecular flexibility index (Phi) is 5.34. The van der Waals surface area contributed by atoms with Crippen molar-refractivity contribution < 1.29 is 18.0 Å². The Balaban J connectivity index is 1.70. The number of anilines is 1. The summed E-state index contributed by atoms with van der Waals surface area (Å²) in [6.07, 6.45) is -4.38. The SMILES string of the molecule is O=C(c1cc(Cl)ccc1Cl)N1CCN(c2cccc(C(F)(F)F)c2)CC1. The molecule has 0 saturated carbocycles. The Morgan fingerprint density at radius 2 is 1.65 bits per heavy atom. The lowest BCUT2D eigenvalue weighted by Crippen LogP contribution is -2.48. The summed E-state index contributed by atoms with van der Waals surface area (Å²) in [6.45, 7) is 1.65. The van der Waals surface area contributed by atoms with Crippen LogP contribution in [0.2, 0.25) is 10.0 Å². The molecular formula is C18H15Cl2F3N2O. The fourth-order valence-electron chi connectivity index (χ4n) is 2.88. The molecule has 2 aromatic carbocycles. The highest BCUT2D eigenvalue weighted by molar-refractivity contribution is 6.35. The number of benzene rings is 2. The van der Waals surface area contributed by atoms with Crippen LogP contribution in [0.4, 0.5) is 18.9 Å². The first kappa shape index (κ1) is 18.9. The maximum Gasteiger partial charge on any atom is 0.416 e. The van der Waals surface area contributed by atoms with E-state index in [9.17, 15) is 18.0 Å². The number of alkyl halides is 3. The van der Waals surface area contributed by atoms with Gasteiger partial charge in [0.25, 0.3) is 5.91 Å². The topological polar surface area (TPSA) is 23.6 Å². The lowest BCUT2D eigenvalue weighted by molar-refractivity contribution is -0.137. The molecule has 3 rings (SSSR count). The Morgan fingerprint density at radius 3 is 2.31 bits per heavy atom. The first-order chi connectivity index (χ1) is 12.3. The molecule has 2 aromatic rings. The van der Waals surface area contributed by atoms with Gasteiger partial charge in [-0.05, 0) is 36.4 Å². The molecule has 1 aliphatic rings. The number of piperazine rings is 1. The highest BCUT2D eigenvalue weighted by atomic mass is 35.5. The lowest BCUT2D eigenvalue weighted by Gasteiger charge is -2.36. The van der Waals surface area contributed by atoms with Gasteiger partial charge in [0.1, 0.15) is 0 Å². The number of hydrogen-bond acceptors (Lipinski definition) is 2. The normalized spacial score (nSPS) is 15.3. The summed E-state index contributed by atoms with van der Waals surface area (Å²) in [4.78, 5) is 16.1. The standard InChI is InChI=1S/C18H15Cl2F3N2O/c19-13-4-5-16(20)15(11-13)17(26)25-8-6-24(7-9-25)14-3-1-2-12(10-14)18(21,22)23/h1-5,10-11H,6-9H2. The van der Waals surface area contributed by atoms with Crippen molar-refractivity contribution in [1.82, 2.24) is 4.90 Å². The van der Waals surface area contributed by atoms with E-state index in [2.05, 4.69) is 0 Å². The van der Waals surface area contributed by atoms with E-state index in [0.29, 0.717) is 47.5 Å². The predicted molar refractivity (Wildman–Crippen MR) is 96.0 cm³/mol. The lowest BCUT2D eigenvalue weighted by atomic mass is 10.1. The second kappa shape index (κ2) is 7.37. The van der Waals surface area contributed by atoms with Crippen LogP contribution in [-0.2, 0) is 6.18 Å². The van der Waals surface area contributed by atoms with Gasteiger partial charge in [0, 0.05) is 36.9 Å². The third-order valence-electron chi connectivity index (χ3n) is 4.26. The van der Waals surface area contributed by atoms with E-state index in [-0.39, 0.29) is 5.91 Å². The van der Waals surface area contributed by atoms with Gasteiger partial charge in [0.2, 0.25) is 0 Å². The molecule has 0 unspecified atom stereocenters. The van der Waals surface area contributed by atoms with E-state index in [4.69, 9.17) is 23.2 Å². The van der Waals surface area contributed by atoms with Crippen LogP contribution in [0, 0.1) is 0 Å². The number of amides is 1. The third kappa shape index (κ3) is 4.07. The van der Waals surface area contributed by atoms with Crippen LogP contribution in [0.15, 0.2) is 42.5 Å². The molecule has 26 heavy (non-hydrogen) atoms. The van der Waals surface area contributed by atoms with Gasteiger partial charge in [0.15, 0.2) is 0 Å². The van der Waals surface area contributed by atoms with Crippen molar-refractivity contribution >= 4 is 34.8 Å². The average Bonchev–Trinajstić information content (AvgIpc) is 2.63. The maximum atomic E-state index is 12.9. The minimum Gasteiger partial charge on any atom is -0.368 e. The van der Waals surface area contributed by atoms with Crippen LogP contribution in [0.1, 0.15) is 15.9 Å². The van der Waals surface area contributed by atoms with Gasteiger partial charge in [0.05, 0.1) is 16.1 Å². The second-order valence-electron chi connectivity index (χ2n) is 5.95. The largest absolute Gasteiger partial charge is 0.416 e. The van der Waals surface area contributed by atoms with Crippen molar-refractivity contribution in [1.29, 1.82) is 0 Å². The Labute approximate surface area is 158 Å². The molecule has 3 nitrogen and oxygen atoms in total. The number of rotatable bonds is 2. The van der Waals surface area contributed by atoms with Crippen LogP contribution < -0.4 is 4.90 Å². The van der Waals surface area contributed by atoms with Gasteiger partial charge < -0.3 is 9.80 Å². The van der Waals surface area contributed by atoms with E-state index in [1.807, 2.05) is 4.90 Å². The van der Waals surface area contributed by atoms with Crippen molar-refractivity contribution in [3.63, 3.8) is 0 Å². The molecule has 1 amide bonds. The van der Waals surface area contributed by atoms with Crippen LogP contribution >= 0.6 is 23.2 Å². The number of carbonyl (C=O) groups excluding carboxylic acids is 1. The Morgan fingerprint density at radius 1 is 0.962 bits per heavy atom. The molecule has 0 aliphatic carbocycles. The third-order valence-corrected chi connectivity index (χ3v) is 4.83. The van der Waals surface area contributed by atoms with Gasteiger partial charge >= 0.3 is 6.18 Å². The average molecular weight is 403 g/mol. The zero-order valence-electron chi connectivity index (χ0n) is 13.6. The van der Waals surface area contributed by atoms with Crippen molar-refractivity contribution in [2.24, 2.45) is 0 Å². The highest BCUT2D eigenvalue weighted by Crippen LogP contribution is 2.32. The molecule has 1 aliphatic heterocycles. The van der Waals surface area contributed by atoms with Gasteiger partial charge in [-0.15, -0.1) is 0 Å². The second-order valence-corrected chi connectivity index (χ2v) is 6.80. The van der Waals surface area contributed by atoms with Crippen molar-refractivity contribution in [3.8, 4) is 0 Å². The minimum atomic E-state index is -4.38. The van der Waals surface area contributed by atoms with Gasteiger partial charge in [-0.25, -0.2) is 0 Å². The predicted octanol–water partition coefficient (Wildman–Crippen LogP) is 4.97. The molecule has 0 spiro atoms. The Hall–Kier alpha value is -1.92. The number of nitrogens with zero attached hydrogens (tertiary/aromatic N) is 2. The van der Waals surface area contributed by atoms with Crippen molar-refractivity contribution in [3.05, 3.63) is 63.6 Å². The molecule has 0 radical (unpaired) electrons. The summed E-state index contributed by atoms with van der Waals surface area (Å²) >= 11 is 12.0. The van der Waals surface area contributed by atoms with E-state index >= 15 is 0 Å². The zero-order valence-corrected chi connectivity index (χ0v) is 15.1. The molecule has 1 heterocycles. The van der Waals surface area contributed by atoms with Crippen LogP contribution in [-0.4, -0.2) is 37.0 Å². The molecule has 0 bridgehead atoms. The molecule has 0 aromatic heterocycles. The fraction of sp³-hybridized carbons (Fsp3) is 0.278. The summed E-state index contributed by atoms with van der Waals surface area (Å²) in [5.41, 5.74) is 0.138. The highest BCUT2D eigenvalue weighted by Gasteiger charge is 2.31. The molecule has 1 fully saturated rings. The summed E-state index contributed by atoms with van der Waals surface area (Å²) in [6, 6.07) is 9.89. The maximum absolute atomic E-state index is 12.9. The summed E-state index contributed by atoms with van der Waals surface area (Å²) in [5, 5.41) is 0.736. The minimum absolute atomic E-state index is 0.235. The number of halogens is 5. The number of hydrogen-bond donors (Lipinski definition) is 0. The van der Waals surface area contributed by atoms with Gasteiger partial charge in [-0.3, -0.25) is 4.79 Å². The molecule has 8 heteroatoms. The molecule has 0 atom stereocenters. The van der Waals surface area contributed by atoms with E-state index in [1.54, 1.807) is 23.1 Å². The van der Waals surface area contributed by atoms with Crippen LogP contribution in [0.5, 0.6) is 0 Å². The van der Waals surface area contributed by atoms with E-state index < -0.39 is 11.7 Å². The zero-order chi connectivity index (χ0) is 18.9. The first-order valence-electron chi connectivity index (χ1n) is 7.92. The Bertz CT molecular complexity index is 818. The van der Waals surface area contributed by atoms with Crippen molar-refractivity contribution in [2.75, 3.05) is 31.1 Å². The smallest absolute Gasteiger partial charge is 0.368 e. The van der Waals surface area contributed by atoms with E-state index in [0.717, 1.165) is 12.1 Å². The van der Waals surface area contributed by atoms with Crippen molar-refractivity contribution in [2.45, 2.75) is 6.18 Å². The molecule has 1 saturated heterocycles. The van der Waals surface area contributed by atoms with Crippen LogP contribution in [0.25, 0.3) is 0 Å². The van der Waals surface area contributed by atoms with Crippen LogP contribution in [0.3, 0.4) is 0 Å². The molecule has 0 N–H and O–H groups in total. The summed E-state index contributed by atoms with van der Waals surface area (Å²) < 4.78 is 38.6. The quantitative estimate of drug-likeness (QED) is 0.707. The summed E-state index contributed by atoms with van der Waals surface area (Å²) in [5.74, 6) is -0.235. The van der Waals surface area contributed by atoms with Gasteiger partial charge in [-0.1, -0.05) is 29.3 Å². The number of carbonyl (C=O) groups is 1.